The van der Waals surface area contributed by atoms with Crippen LogP contribution < -0.4 is 10.9 Å². The fraction of sp³-hybridized carbons (Fsp3) is 0.316. The van der Waals surface area contributed by atoms with Crippen molar-refractivity contribution in [1.82, 2.24) is 24.5 Å². The van der Waals surface area contributed by atoms with E-state index in [1.165, 1.54) is 34.7 Å². The van der Waals surface area contributed by atoms with E-state index >= 15 is 0 Å². The summed E-state index contributed by atoms with van der Waals surface area (Å²) in [4.78, 5) is 27.8. The first kappa shape index (κ1) is 35.9. The molecule has 0 atom stereocenters. The number of aromatic nitrogens is 4. The molecule has 12 heteroatoms. The van der Waals surface area contributed by atoms with Crippen LogP contribution in [0.1, 0.15) is 47.2 Å². The zero-order valence-electron chi connectivity index (χ0n) is 28.6. The van der Waals surface area contributed by atoms with Crippen LogP contribution in [0.25, 0.3) is 22.8 Å². The number of rotatable bonds is 7. The quantitative estimate of drug-likeness (QED) is 0.196. The maximum Gasteiger partial charge on any atom is 0.416 e. The third kappa shape index (κ3) is 8.06. The molecule has 0 bridgehead atoms. The first-order valence-electron chi connectivity index (χ1n) is 16.4. The molecular weight excluding hydrogens is 643 g/mol. The van der Waals surface area contributed by atoms with E-state index in [0.29, 0.717) is 29.5 Å². The predicted octanol–water partition coefficient (Wildman–Crippen LogP) is 6.60. The monoisotopic (exact) mass is 684 g/mol. The summed E-state index contributed by atoms with van der Waals surface area (Å²) in [7, 11) is 8.07. The van der Waals surface area contributed by atoms with Gasteiger partial charge in [0, 0.05) is 13.6 Å². The molecule has 1 amide bonds. The van der Waals surface area contributed by atoms with E-state index in [1.54, 1.807) is 30.3 Å². The van der Waals surface area contributed by atoms with Gasteiger partial charge in [-0.3, -0.25) is 14.3 Å². The van der Waals surface area contributed by atoms with Crippen LogP contribution in [0.5, 0.6) is 0 Å². The van der Waals surface area contributed by atoms with E-state index in [2.05, 4.69) is 37.6 Å². The van der Waals surface area contributed by atoms with Crippen LogP contribution in [0.3, 0.4) is 0 Å². The van der Waals surface area contributed by atoms with Gasteiger partial charge in [-0.15, -0.1) is 0 Å². The maximum absolute atomic E-state index is 14.0. The molecular formula is C38H41F3N7O2+. The summed E-state index contributed by atoms with van der Waals surface area (Å²) in [5, 5.41) is 16.5. The Morgan fingerprint density at radius 1 is 0.920 bits per heavy atom. The van der Waals surface area contributed by atoms with Crippen molar-refractivity contribution < 1.29 is 22.4 Å². The number of carbonyl (C=O) groups excluding carboxylic acids is 1. The molecule has 50 heavy (non-hydrogen) atoms. The number of carbonyl (C=O) groups is 1. The number of quaternary nitrogens is 1. The van der Waals surface area contributed by atoms with E-state index in [0.717, 1.165) is 47.0 Å². The number of nitrogens with zero attached hydrogens (tertiary/aromatic N) is 6. The number of hydrogen-bond acceptors (Lipinski definition) is 4. The second kappa shape index (κ2) is 15.0. The summed E-state index contributed by atoms with van der Waals surface area (Å²) in [6.45, 7) is 0.384. The lowest BCUT2D eigenvalue weighted by Gasteiger charge is -2.38. The Hall–Kier alpha value is -5.41. The molecule has 1 fully saturated rings. The summed E-state index contributed by atoms with van der Waals surface area (Å²) in [5.74, 6) is -0.351. The number of nitriles is 1. The molecule has 5 aromatic rings. The molecule has 1 N–H and O–H groups in total. The third-order valence-electron chi connectivity index (χ3n) is 9.17. The van der Waals surface area contributed by atoms with E-state index < -0.39 is 23.2 Å². The topological polar surface area (TPSA) is 97.6 Å². The van der Waals surface area contributed by atoms with Crippen molar-refractivity contribution in [2.75, 3.05) is 27.7 Å². The van der Waals surface area contributed by atoms with Gasteiger partial charge in [0.1, 0.15) is 11.3 Å². The number of amides is 1. The predicted molar refractivity (Wildman–Crippen MR) is 186 cm³/mol. The second-order valence-electron chi connectivity index (χ2n) is 13.4. The van der Waals surface area contributed by atoms with Crippen molar-refractivity contribution in [3.05, 3.63) is 124 Å². The fourth-order valence-corrected chi connectivity index (χ4v) is 6.41. The summed E-state index contributed by atoms with van der Waals surface area (Å²) in [6, 6.07) is 27.3. The fourth-order valence-electron chi connectivity index (χ4n) is 6.41. The number of nitrogens with one attached hydrogen (secondary N) is 1. The highest BCUT2D eigenvalue weighted by Gasteiger charge is 2.34. The van der Waals surface area contributed by atoms with Crippen molar-refractivity contribution in [2.45, 2.75) is 37.9 Å². The van der Waals surface area contributed by atoms with E-state index in [4.69, 9.17) is 0 Å². The molecule has 6 rings (SSSR count). The molecule has 260 valence electrons. The van der Waals surface area contributed by atoms with E-state index in [9.17, 15) is 28.0 Å². The van der Waals surface area contributed by atoms with E-state index in [-0.39, 0.29) is 22.9 Å². The summed E-state index contributed by atoms with van der Waals surface area (Å²) in [5.41, 5.74) is -0.293. The Labute approximate surface area is 289 Å². The molecule has 1 aliphatic carbocycles. The molecule has 0 saturated heterocycles. The highest BCUT2D eigenvalue weighted by atomic mass is 19.4. The highest BCUT2D eigenvalue weighted by Crippen LogP contribution is 2.32. The van der Waals surface area contributed by atoms with Crippen LogP contribution in [-0.4, -0.2) is 63.3 Å². The van der Waals surface area contributed by atoms with E-state index in [1.807, 2.05) is 36.4 Å². The number of alkyl halides is 3. The van der Waals surface area contributed by atoms with Gasteiger partial charge in [0.2, 0.25) is 0 Å². The Kier molecular flexibility index (Phi) is 10.8. The normalized spacial score (nSPS) is 16.2. The van der Waals surface area contributed by atoms with Crippen molar-refractivity contribution in [3.63, 3.8) is 0 Å². The van der Waals surface area contributed by atoms with Crippen molar-refractivity contribution in [3.8, 4) is 28.8 Å². The molecule has 2 heterocycles. The molecule has 0 spiro atoms. The maximum atomic E-state index is 14.0. The van der Waals surface area contributed by atoms with Crippen molar-refractivity contribution in [1.29, 1.82) is 5.26 Å². The molecule has 2 aromatic heterocycles. The van der Waals surface area contributed by atoms with Crippen LogP contribution in [0.2, 0.25) is 0 Å². The van der Waals surface area contributed by atoms with Gasteiger partial charge in [-0.2, -0.15) is 23.5 Å². The van der Waals surface area contributed by atoms with Gasteiger partial charge in [-0.1, -0.05) is 42.5 Å². The van der Waals surface area contributed by atoms with Crippen molar-refractivity contribution in [2.24, 2.45) is 13.0 Å². The minimum Gasteiger partial charge on any atom is -0.352 e. The van der Waals surface area contributed by atoms with Gasteiger partial charge in [-0.25, -0.2) is 9.36 Å². The summed E-state index contributed by atoms with van der Waals surface area (Å²) >= 11 is 0. The minimum atomic E-state index is -4.62. The Morgan fingerprint density at radius 2 is 1.54 bits per heavy atom. The van der Waals surface area contributed by atoms with Gasteiger partial charge >= 0.3 is 6.18 Å². The smallest absolute Gasteiger partial charge is 0.352 e. The van der Waals surface area contributed by atoms with Gasteiger partial charge in [0.15, 0.2) is 0 Å². The molecule has 0 radical (unpaired) electrons. The highest BCUT2D eigenvalue weighted by molar-refractivity contribution is 5.99. The number of hydrogen-bond donors (Lipinski definition) is 1. The minimum absolute atomic E-state index is 0.0318. The van der Waals surface area contributed by atoms with Gasteiger partial charge in [0.25, 0.3) is 11.5 Å². The number of halogens is 3. The Bertz CT molecular complexity index is 1980. The molecule has 0 aliphatic heterocycles. The van der Waals surface area contributed by atoms with Gasteiger partial charge in [0.05, 0.1) is 67.6 Å². The molecule has 9 nitrogen and oxygen atoms in total. The van der Waals surface area contributed by atoms with Crippen LogP contribution in [0, 0.1) is 17.2 Å². The SMILES string of the molecule is Cn1c(-c2ccnn2-c2ccc(C#N)cc2)c(C(=O)NC[C@H]2CC[C@H]([N+](C)(C)C)CC2)c(=O)n1-c1cccc(C(F)(F)F)c1.c1ccccc1. The molecule has 0 unspecified atom stereocenters. The zero-order valence-corrected chi connectivity index (χ0v) is 28.6. The van der Waals surface area contributed by atoms with Gasteiger partial charge in [-0.05, 0) is 80.1 Å². The van der Waals surface area contributed by atoms with Crippen molar-refractivity contribution >= 4 is 5.91 Å². The number of benzene rings is 3. The average Bonchev–Trinajstić information content (AvgIpc) is 3.69. The summed E-state index contributed by atoms with van der Waals surface area (Å²) < 4.78 is 45.6. The van der Waals surface area contributed by atoms with Crippen LogP contribution in [-0.2, 0) is 13.2 Å². The van der Waals surface area contributed by atoms with Crippen LogP contribution >= 0.6 is 0 Å². The first-order valence-corrected chi connectivity index (χ1v) is 16.4. The average molecular weight is 685 g/mol. The van der Waals surface area contributed by atoms with Crippen LogP contribution in [0.15, 0.2) is 102 Å². The first-order chi connectivity index (χ1) is 23.8. The van der Waals surface area contributed by atoms with Crippen LogP contribution in [0.4, 0.5) is 13.2 Å². The largest absolute Gasteiger partial charge is 0.416 e. The Morgan fingerprint density at radius 3 is 2.10 bits per heavy atom. The lowest BCUT2D eigenvalue weighted by Crippen LogP contribution is -2.47. The Balaban J connectivity index is 0.000000732. The molecule has 1 saturated carbocycles. The summed E-state index contributed by atoms with van der Waals surface area (Å²) in [6.07, 6.45) is 0.851. The molecule has 1 aliphatic rings. The van der Waals surface area contributed by atoms with Gasteiger partial charge < -0.3 is 9.80 Å². The second-order valence-corrected chi connectivity index (χ2v) is 13.4. The zero-order chi connectivity index (χ0) is 36.1. The molecule has 3 aromatic carbocycles. The lowest BCUT2D eigenvalue weighted by molar-refractivity contribution is -0.897. The lowest BCUT2D eigenvalue weighted by atomic mass is 9.85. The standard InChI is InChI=1S/C32H34F3N7O2.C6H6/c1-39-29(27-16-17-38-40(27)24-12-8-21(19-36)9-13-24)28(30(43)37-20-22-10-14-26(15-11-22)42(2,3)4)31(44)41(39)25-7-5-6-23(18-25)32(33,34)35;1-2-4-6-5-3-1/h5-9,12-13,16-18,22,26H,10-11,14-15,20H2,1-4H3;1-6H/p+1/t22-,26-;. The third-order valence-corrected chi connectivity index (χ3v) is 9.17.